The Morgan fingerprint density at radius 3 is 3.17 bits per heavy atom. The highest BCUT2D eigenvalue weighted by Gasteiger charge is 2.16. The molecule has 1 aliphatic heterocycles. The summed E-state index contributed by atoms with van der Waals surface area (Å²) in [5, 5.41) is 3.37. The summed E-state index contributed by atoms with van der Waals surface area (Å²) >= 11 is 0. The van der Waals surface area contributed by atoms with Crippen molar-refractivity contribution in [3.8, 4) is 12.3 Å². The van der Waals surface area contributed by atoms with Crippen LogP contribution in [0.3, 0.4) is 0 Å². The van der Waals surface area contributed by atoms with Crippen LogP contribution in [0.4, 0.5) is 0 Å². The molecule has 0 aromatic rings. The van der Waals surface area contributed by atoms with Gasteiger partial charge in [0.2, 0.25) is 0 Å². The van der Waals surface area contributed by atoms with Crippen LogP contribution in [0, 0.1) is 12.3 Å². The van der Waals surface area contributed by atoms with Crippen LogP contribution in [-0.4, -0.2) is 37.1 Å². The van der Waals surface area contributed by atoms with Crippen molar-refractivity contribution in [2.45, 2.75) is 25.8 Å². The molecule has 0 bridgehead atoms. The monoisotopic (exact) mass is 166 g/mol. The Labute approximate surface area is 75.3 Å². The highest BCUT2D eigenvalue weighted by atomic mass is 15.2. The fourth-order valence-corrected chi connectivity index (χ4v) is 1.60. The van der Waals surface area contributed by atoms with Crippen molar-refractivity contribution in [2.24, 2.45) is 0 Å². The maximum atomic E-state index is 5.20. The van der Waals surface area contributed by atoms with Crippen LogP contribution in [0.15, 0.2) is 0 Å². The molecular weight excluding hydrogens is 148 g/mol. The summed E-state index contributed by atoms with van der Waals surface area (Å²) in [6.45, 7) is 6.84. The van der Waals surface area contributed by atoms with Crippen LogP contribution in [0.25, 0.3) is 0 Å². The molecule has 2 nitrogen and oxygen atoms in total. The van der Waals surface area contributed by atoms with E-state index in [1.165, 1.54) is 6.54 Å². The predicted octanol–water partition coefficient (Wildman–Crippen LogP) is 0.694. The molecule has 1 atom stereocenters. The molecule has 0 aromatic heterocycles. The van der Waals surface area contributed by atoms with E-state index in [2.05, 4.69) is 23.1 Å². The number of rotatable bonds is 3. The van der Waals surface area contributed by atoms with Gasteiger partial charge in [-0.1, -0.05) is 0 Å². The molecule has 0 spiro atoms. The molecule has 0 radical (unpaired) electrons. The van der Waals surface area contributed by atoms with Gasteiger partial charge in [-0.3, -0.25) is 4.90 Å². The van der Waals surface area contributed by atoms with Crippen LogP contribution < -0.4 is 5.32 Å². The molecule has 12 heavy (non-hydrogen) atoms. The minimum absolute atomic E-state index is 0.677. The van der Waals surface area contributed by atoms with E-state index in [1.807, 2.05) is 0 Å². The van der Waals surface area contributed by atoms with Crippen molar-refractivity contribution >= 4 is 0 Å². The van der Waals surface area contributed by atoms with Crippen molar-refractivity contribution in [1.29, 1.82) is 0 Å². The van der Waals surface area contributed by atoms with E-state index in [9.17, 15) is 0 Å². The van der Waals surface area contributed by atoms with E-state index in [4.69, 9.17) is 6.42 Å². The van der Waals surface area contributed by atoms with Crippen molar-refractivity contribution in [3.05, 3.63) is 0 Å². The van der Waals surface area contributed by atoms with Crippen molar-refractivity contribution < 1.29 is 0 Å². The largest absolute Gasteiger partial charge is 0.314 e. The van der Waals surface area contributed by atoms with E-state index in [-0.39, 0.29) is 0 Å². The van der Waals surface area contributed by atoms with Gasteiger partial charge in [-0.2, -0.15) is 0 Å². The summed E-state index contributed by atoms with van der Waals surface area (Å²) < 4.78 is 0. The smallest absolute Gasteiger partial charge is 0.0192 e. The molecule has 1 heterocycles. The summed E-state index contributed by atoms with van der Waals surface area (Å²) in [5.74, 6) is 2.68. The number of hydrogen-bond donors (Lipinski definition) is 1. The number of unbranched alkanes of at least 4 members (excludes halogenated alkanes) is 1. The second kappa shape index (κ2) is 5.18. The first kappa shape index (κ1) is 9.57. The number of piperazine rings is 1. The molecule has 2 heteroatoms. The van der Waals surface area contributed by atoms with Gasteiger partial charge in [-0.05, 0) is 19.9 Å². The van der Waals surface area contributed by atoms with E-state index >= 15 is 0 Å². The maximum absolute atomic E-state index is 5.20. The van der Waals surface area contributed by atoms with E-state index in [0.717, 1.165) is 32.5 Å². The zero-order chi connectivity index (χ0) is 8.81. The average molecular weight is 166 g/mol. The van der Waals surface area contributed by atoms with Crippen molar-refractivity contribution in [2.75, 3.05) is 26.2 Å². The Morgan fingerprint density at radius 1 is 1.67 bits per heavy atom. The van der Waals surface area contributed by atoms with Gasteiger partial charge in [0.25, 0.3) is 0 Å². The highest BCUT2D eigenvalue weighted by molar-refractivity contribution is 4.84. The number of nitrogens with zero attached hydrogens (tertiary/aromatic N) is 1. The van der Waals surface area contributed by atoms with E-state index in [1.54, 1.807) is 0 Å². The lowest BCUT2D eigenvalue weighted by molar-refractivity contribution is 0.172. The van der Waals surface area contributed by atoms with E-state index < -0.39 is 0 Å². The summed E-state index contributed by atoms with van der Waals surface area (Å²) in [5.41, 5.74) is 0. The van der Waals surface area contributed by atoms with Crippen LogP contribution in [0.5, 0.6) is 0 Å². The second-order valence-corrected chi connectivity index (χ2v) is 3.40. The molecular formula is C10H18N2. The van der Waals surface area contributed by atoms with Gasteiger partial charge in [0.1, 0.15) is 0 Å². The molecule has 0 aromatic carbocycles. The summed E-state index contributed by atoms with van der Waals surface area (Å²) in [6, 6.07) is 0.677. The van der Waals surface area contributed by atoms with Gasteiger partial charge in [0.15, 0.2) is 0 Å². The minimum atomic E-state index is 0.677. The molecule has 68 valence electrons. The fraction of sp³-hybridized carbons (Fsp3) is 0.800. The molecule has 0 saturated carbocycles. The Hall–Kier alpha value is -0.520. The SMILES string of the molecule is C#CCCCN1CCNC[C@H]1C. The lowest BCUT2D eigenvalue weighted by Crippen LogP contribution is -2.49. The second-order valence-electron chi connectivity index (χ2n) is 3.40. The van der Waals surface area contributed by atoms with Gasteiger partial charge >= 0.3 is 0 Å². The molecule has 1 fully saturated rings. The topological polar surface area (TPSA) is 15.3 Å². The third-order valence-electron chi connectivity index (χ3n) is 2.41. The van der Waals surface area contributed by atoms with Gasteiger partial charge < -0.3 is 5.32 Å². The lowest BCUT2D eigenvalue weighted by atomic mass is 10.2. The van der Waals surface area contributed by atoms with Crippen LogP contribution >= 0.6 is 0 Å². The first-order valence-corrected chi connectivity index (χ1v) is 4.73. The quantitative estimate of drug-likeness (QED) is 0.490. The minimum Gasteiger partial charge on any atom is -0.314 e. The third-order valence-corrected chi connectivity index (χ3v) is 2.41. The Balaban J connectivity index is 2.16. The van der Waals surface area contributed by atoms with Crippen LogP contribution in [0.1, 0.15) is 19.8 Å². The normalized spacial score (nSPS) is 25.2. The zero-order valence-corrected chi connectivity index (χ0v) is 7.84. The molecule has 0 aliphatic carbocycles. The molecule has 1 rings (SSSR count). The standard InChI is InChI=1S/C10H18N2/c1-3-4-5-7-12-8-6-11-9-10(12)2/h1,10-11H,4-9H2,2H3/t10-/m1/s1. The number of nitrogens with one attached hydrogen (secondary N) is 1. The summed E-state index contributed by atoms with van der Waals surface area (Å²) in [7, 11) is 0. The first-order chi connectivity index (χ1) is 5.84. The number of terminal acetylenes is 1. The van der Waals surface area contributed by atoms with Gasteiger partial charge in [-0.25, -0.2) is 0 Å². The van der Waals surface area contributed by atoms with Crippen molar-refractivity contribution in [1.82, 2.24) is 10.2 Å². The summed E-state index contributed by atoms with van der Waals surface area (Å²) in [6.07, 6.45) is 7.25. The Kier molecular flexibility index (Phi) is 4.13. The zero-order valence-electron chi connectivity index (χ0n) is 7.84. The first-order valence-electron chi connectivity index (χ1n) is 4.73. The molecule has 1 N–H and O–H groups in total. The maximum Gasteiger partial charge on any atom is 0.0192 e. The predicted molar refractivity (Wildman–Crippen MR) is 52.0 cm³/mol. The number of hydrogen-bond acceptors (Lipinski definition) is 2. The summed E-state index contributed by atoms with van der Waals surface area (Å²) in [4.78, 5) is 2.51. The fourth-order valence-electron chi connectivity index (χ4n) is 1.60. The van der Waals surface area contributed by atoms with Crippen LogP contribution in [-0.2, 0) is 0 Å². The molecule has 1 aliphatic rings. The van der Waals surface area contributed by atoms with Gasteiger partial charge in [0.05, 0.1) is 0 Å². The Bertz CT molecular complexity index is 160. The van der Waals surface area contributed by atoms with E-state index in [0.29, 0.717) is 6.04 Å². The highest BCUT2D eigenvalue weighted by Crippen LogP contribution is 2.03. The Morgan fingerprint density at radius 2 is 2.50 bits per heavy atom. The van der Waals surface area contributed by atoms with Crippen molar-refractivity contribution in [3.63, 3.8) is 0 Å². The average Bonchev–Trinajstić information content (AvgIpc) is 2.09. The molecule has 0 amide bonds. The molecule has 0 unspecified atom stereocenters. The van der Waals surface area contributed by atoms with Gasteiger partial charge in [-0.15, -0.1) is 12.3 Å². The van der Waals surface area contributed by atoms with Gasteiger partial charge in [0, 0.05) is 32.1 Å². The van der Waals surface area contributed by atoms with Crippen LogP contribution in [0.2, 0.25) is 0 Å². The molecule has 1 saturated heterocycles. The lowest BCUT2D eigenvalue weighted by Gasteiger charge is -2.33. The third kappa shape index (κ3) is 2.84.